The molecule has 2 unspecified atom stereocenters. The summed E-state index contributed by atoms with van der Waals surface area (Å²) in [5.41, 5.74) is 0. The van der Waals surface area contributed by atoms with E-state index < -0.39 is 24.3 Å². The summed E-state index contributed by atoms with van der Waals surface area (Å²) in [5, 5.41) is 36.2. The van der Waals surface area contributed by atoms with Crippen molar-refractivity contribution in [3.8, 4) is 0 Å². The molecule has 7 nitrogen and oxygen atoms in total. The maximum atomic E-state index is 9.64. The lowest BCUT2D eigenvalue weighted by Gasteiger charge is -2.23. The third-order valence-electron chi connectivity index (χ3n) is 1.95. The SMILES string of the molecule is O=C(O)CCC(=O)O.OC1CCCNC1O. The fourth-order valence-electron chi connectivity index (χ4n) is 1.07. The van der Waals surface area contributed by atoms with Crippen LogP contribution in [0.5, 0.6) is 0 Å². The predicted molar refractivity (Wildman–Crippen MR) is 53.8 cm³/mol. The minimum atomic E-state index is -1.08. The molecule has 0 aromatic carbocycles. The van der Waals surface area contributed by atoms with Crippen molar-refractivity contribution >= 4 is 11.9 Å². The quantitative estimate of drug-likeness (QED) is 0.424. The van der Waals surface area contributed by atoms with Crippen molar-refractivity contribution in [2.45, 2.75) is 38.0 Å². The molecule has 7 heteroatoms. The van der Waals surface area contributed by atoms with Crippen molar-refractivity contribution in [1.29, 1.82) is 0 Å². The minimum Gasteiger partial charge on any atom is -0.481 e. The molecule has 1 fully saturated rings. The summed E-state index contributed by atoms with van der Waals surface area (Å²) in [6.07, 6.45) is -0.163. The summed E-state index contributed by atoms with van der Waals surface area (Å²) in [6, 6.07) is 0. The fraction of sp³-hybridized carbons (Fsp3) is 0.778. The van der Waals surface area contributed by atoms with Crippen molar-refractivity contribution < 1.29 is 30.0 Å². The van der Waals surface area contributed by atoms with Gasteiger partial charge in [-0.3, -0.25) is 14.9 Å². The van der Waals surface area contributed by atoms with Crippen LogP contribution in [-0.2, 0) is 9.59 Å². The minimum absolute atomic E-state index is 0.296. The molecular weight excluding hydrogens is 218 g/mol. The highest BCUT2D eigenvalue weighted by molar-refractivity contribution is 5.75. The number of piperidine rings is 1. The Morgan fingerprint density at radius 2 is 1.62 bits per heavy atom. The molecule has 0 bridgehead atoms. The normalized spacial score (nSPS) is 24.1. The van der Waals surface area contributed by atoms with Gasteiger partial charge in [0.2, 0.25) is 0 Å². The van der Waals surface area contributed by atoms with E-state index in [0.29, 0.717) is 6.42 Å². The Bertz CT molecular complexity index is 208. The number of carboxylic acids is 2. The van der Waals surface area contributed by atoms with Gasteiger partial charge in [0, 0.05) is 0 Å². The molecule has 1 aliphatic heterocycles. The highest BCUT2D eigenvalue weighted by Gasteiger charge is 2.18. The van der Waals surface area contributed by atoms with Crippen LogP contribution in [-0.4, -0.2) is 51.2 Å². The van der Waals surface area contributed by atoms with E-state index in [1.807, 2.05) is 0 Å². The molecule has 0 radical (unpaired) electrons. The lowest BCUT2D eigenvalue weighted by molar-refractivity contribution is -0.143. The van der Waals surface area contributed by atoms with Gasteiger partial charge in [0.05, 0.1) is 18.9 Å². The summed E-state index contributed by atoms with van der Waals surface area (Å²) in [6.45, 7) is 0.818. The van der Waals surface area contributed by atoms with Crippen LogP contribution in [0.4, 0.5) is 0 Å². The maximum absolute atomic E-state index is 9.64. The van der Waals surface area contributed by atoms with Gasteiger partial charge in [0.15, 0.2) is 0 Å². The van der Waals surface area contributed by atoms with Crippen molar-refractivity contribution in [2.75, 3.05) is 6.54 Å². The van der Waals surface area contributed by atoms with Crippen LogP contribution in [0.2, 0.25) is 0 Å². The molecule has 1 rings (SSSR count). The second kappa shape index (κ2) is 8.03. The van der Waals surface area contributed by atoms with E-state index in [-0.39, 0.29) is 12.8 Å². The molecule has 1 saturated heterocycles. The fourth-order valence-corrected chi connectivity index (χ4v) is 1.07. The molecule has 1 aliphatic rings. The highest BCUT2D eigenvalue weighted by Crippen LogP contribution is 2.04. The average Bonchev–Trinajstić information content (AvgIpc) is 2.20. The first-order valence-electron chi connectivity index (χ1n) is 4.96. The Morgan fingerprint density at radius 1 is 1.12 bits per heavy atom. The molecule has 0 aliphatic carbocycles. The van der Waals surface area contributed by atoms with Crippen molar-refractivity contribution in [2.24, 2.45) is 0 Å². The first kappa shape index (κ1) is 14.8. The van der Waals surface area contributed by atoms with Crippen LogP contribution in [0.3, 0.4) is 0 Å². The second-order valence-corrected chi connectivity index (χ2v) is 3.40. The third kappa shape index (κ3) is 8.16. The number of hydrogen-bond donors (Lipinski definition) is 5. The number of aliphatic carboxylic acids is 2. The van der Waals surface area contributed by atoms with E-state index in [1.165, 1.54) is 0 Å². The van der Waals surface area contributed by atoms with Gasteiger partial charge in [-0.15, -0.1) is 0 Å². The standard InChI is InChI=1S/C5H11NO2.C4H6O4/c7-4-2-1-3-6-5(4)8;5-3(6)1-2-4(7)8/h4-8H,1-3H2;1-2H2,(H,5,6)(H,7,8). The van der Waals surface area contributed by atoms with Gasteiger partial charge in [0.25, 0.3) is 0 Å². The molecule has 5 N–H and O–H groups in total. The van der Waals surface area contributed by atoms with E-state index in [1.54, 1.807) is 0 Å². The molecule has 2 atom stereocenters. The summed E-state index contributed by atoms with van der Waals surface area (Å²) < 4.78 is 0. The van der Waals surface area contributed by atoms with Crippen LogP contribution in [0.15, 0.2) is 0 Å². The first-order valence-corrected chi connectivity index (χ1v) is 4.96. The van der Waals surface area contributed by atoms with E-state index in [0.717, 1.165) is 13.0 Å². The van der Waals surface area contributed by atoms with Gasteiger partial charge < -0.3 is 20.4 Å². The molecule has 0 aromatic rings. The van der Waals surface area contributed by atoms with Gasteiger partial charge in [-0.05, 0) is 19.4 Å². The lowest BCUT2D eigenvalue weighted by atomic mass is 10.1. The van der Waals surface area contributed by atoms with E-state index in [4.69, 9.17) is 20.4 Å². The van der Waals surface area contributed by atoms with Gasteiger partial charge in [-0.25, -0.2) is 0 Å². The number of nitrogens with one attached hydrogen (secondary N) is 1. The van der Waals surface area contributed by atoms with E-state index in [9.17, 15) is 9.59 Å². The first-order chi connectivity index (χ1) is 7.43. The van der Waals surface area contributed by atoms with Crippen LogP contribution >= 0.6 is 0 Å². The molecular formula is C9H17NO6. The maximum Gasteiger partial charge on any atom is 0.303 e. The van der Waals surface area contributed by atoms with E-state index in [2.05, 4.69) is 5.32 Å². The zero-order valence-corrected chi connectivity index (χ0v) is 8.80. The number of aliphatic hydroxyl groups is 2. The molecule has 1 heterocycles. The Balaban J connectivity index is 0.000000281. The van der Waals surface area contributed by atoms with Crippen LogP contribution in [0, 0.1) is 0 Å². The second-order valence-electron chi connectivity index (χ2n) is 3.40. The topological polar surface area (TPSA) is 127 Å². The van der Waals surface area contributed by atoms with Crippen molar-refractivity contribution in [3.05, 3.63) is 0 Å². The molecule has 0 amide bonds. The number of aliphatic hydroxyl groups excluding tert-OH is 2. The molecule has 94 valence electrons. The third-order valence-corrected chi connectivity index (χ3v) is 1.95. The van der Waals surface area contributed by atoms with Gasteiger partial charge in [-0.1, -0.05) is 0 Å². The summed E-state index contributed by atoms with van der Waals surface area (Å²) in [4.78, 5) is 19.3. The van der Waals surface area contributed by atoms with E-state index >= 15 is 0 Å². The Kier molecular flexibility index (Phi) is 7.44. The lowest BCUT2D eigenvalue weighted by Crippen LogP contribution is -2.44. The monoisotopic (exact) mass is 235 g/mol. The van der Waals surface area contributed by atoms with Crippen LogP contribution in [0.25, 0.3) is 0 Å². The number of rotatable bonds is 3. The summed E-state index contributed by atoms with van der Waals surface area (Å²) in [5.74, 6) is -2.15. The molecule has 0 aromatic heterocycles. The van der Waals surface area contributed by atoms with Crippen LogP contribution < -0.4 is 5.32 Å². The summed E-state index contributed by atoms with van der Waals surface area (Å²) >= 11 is 0. The molecule has 0 saturated carbocycles. The Morgan fingerprint density at radius 3 is 1.88 bits per heavy atom. The molecule has 16 heavy (non-hydrogen) atoms. The Labute approximate surface area is 92.7 Å². The van der Waals surface area contributed by atoms with Gasteiger partial charge >= 0.3 is 11.9 Å². The Hall–Kier alpha value is -1.18. The smallest absolute Gasteiger partial charge is 0.303 e. The van der Waals surface area contributed by atoms with Crippen LogP contribution in [0.1, 0.15) is 25.7 Å². The van der Waals surface area contributed by atoms with Gasteiger partial charge in [-0.2, -0.15) is 0 Å². The average molecular weight is 235 g/mol. The predicted octanol–water partition coefficient (Wildman–Crippen LogP) is -1.02. The van der Waals surface area contributed by atoms with Crippen molar-refractivity contribution in [1.82, 2.24) is 5.32 Å². The zero-order chi connectivity index (χ0) is 12.6. The number of carboxylic acid groups (broad SMARTS) is 2. The largest absolute Gasteiger partial charge is 0.481 e. The molecule has 0 spiro atoms. The zero-order valence-electron chi connectivity index (χ0n) is 8.80. The number of carbonyl (C=O) groups is 2. The van der Waals surface area contributed by atoms with Gasteiger partial charge in [0.1, 0.15) is 6.23 Å². The summed E-state index contributed by atoms with van der Waals surface area (Å²) in [7, 11) is 0. The van der Waals surface area contributed by atoms with Crippen molar-refractivity contribution in [3.63, 3.8) is 0 Å². The number of hydrogen-bond acceptors (Lipinski definition) is 5. The highest BCUT2D eigenvalue weighted by atomic mass is 16.4.